The minimum Gasteiger partial charge on any atom is -0.503 e. The molecule has 3 unspecified atom stereocenters. The Labute approximate surface area is 134 Å². The van der Waals surface area contributed by atoms with Crippen molar-refractivity contribution in [2.45, 2.75) is 51.3 Å². The van der Waals surface area contributed by atoms with Gasteiger partial charge in [-0.2, -0.15) is 0 Å². The number of benzene rings is 1. The van der Waals surface area contributed by atoms with E-state index in [4.69, 9.17) is 9.84 Å². The van der Waals surface area contributed by atoms with Crippen LogP contribution in [0.2, 0.25) is 0 Å². The number of halogens is 3. The largest absolute Gasteiger partial charge is 0.503 e. The molecule has 1 aromatic carbocycles. The van der Waals surface area contributed by atoms with Crippen LogP contribution in [0.3, 0.4) is 0 Å². The number of rotatable bonds is 2. The molecule has 23 heavy (non-hydrogen) atoms. The van der Waals surface area contributed by atoms with Gasteiger partial charge in [-0.3, -0.25) is 0 Å². The summed E-state index contributed by atoms with van der Waals surface area (Å²) in [6, 6.07) is 1.91. The number of phenolic OH excluding ortho intramolecular Hbond substituents is 1. The molecule has 1 saturated heterocycles. The maximum Gasteiger partial charge on any atom is 0.187 e. The molecule has 5 heteroatoms. The minimum atomic E-state index is -1.28. The van der Waals surface area contributed by atoms with E-state index < -0.39 is 29.7 Å². The van der Waals surface area contributed by atoms with Gasteiger partial charge in [0.1, 0.15) is 12.3 Å². The Morgan fingerprint density at radius 2 is 1.65 bits per heavy atom. The van der Waals surface area contributed by atoms with Crippen molar-refractivity contribution < 1.29 is 23.0 Å². The Balaban J connectivity index is 1.67. The average Bonchev–Trinajstić information content (AvgIpc) is 2.53. The van der Waals surface area contributed by atoms with E-state index in [1.807, 2.05) is 0 Å². The summed E-state index contributed by atoms with van der Waals surface area (Å²) in [4.78, 5) is 0. The van der Waals surface area contributed by atoms with Gasteiger partial charge in [0.15, 0.2) is 17.4 Å². The van der Waals surface area contributed by atoms with E-state index in [-0.39, 0.29) is 11.5 Å². The third-order valence-corrected chi connectivity index (χ3v) is 5.44. The SMILES string of the molecule is C[C@H]1CC[C@H](C2COC(c3cc(F)c(O)c(F)c3)C(F)C2)CC1. The van der Waals surface area contributed by atoms with Crippen molar-refractivity contribution in [1.29, 1.82) is 0 Å². The second kappa shape index (κ2) is 6.71. The first-order valence-electron chi connectivity index (χ1n) is 8.39. The zero-order valence-electron chi connectivity index (χ0n) is 13.3. The maximum absolute atomic E-state index is 14.5. The van der Waals surface area contributed by atoms with E-state index in [1.165, 1.54) is 12.8 Å². The molecule has 1 aliphatic heterocycles. The topological polar surface area (TPSA) is 29.5 Å². The Kier molecular flexibility index (Phi) is 4.85. The standard InChI is InChI=1S/C18H23F3O2/c1-10-2-4-11(5-3-10)13-8-16(21)18(23-9-13)12-6-14(19)17(22)15(20)7-12/h6-7,10-11,13,16,18,22H,2-5,8-9H2,1H3/t10-,11-,13?,16?,18?. The Bertz CT molecular complexity index is 532. The first-order chi connectivity index (χ1) is 11.0. The maximum atomic E-state index is 14.5. The van der Waals surface area contributed by atoms with Gasteiger partial charge in [-0.25, -0.2) is 13.2 Å². The predicted octanol–water partition coefficient (Wildman–Crippen LogP) is 4.91. The summed E-state index contributed by atoms with van der Waals surface area (Å²) >= 11 is 0. The highest BCUT2D eigenvalue weighted by atomic mass is 19.1. The van der Waals surface area contributed by atoms with Crippen molar-refractivity contribution in [1.82, 2.24) is 0 Å². The molecule has 0 bridgehead atoms. The van der Waals surface area contributed by atoms with Crippen LogP contribution >= 0.6 is 0 Å². The molecule has 0 amide bonds. The van der Waals surface area contributed by atoms with Gasteiger partial charge >= 0.3 is 0 Å². The van der Waals surface area contributed by atoms with Crippen molar-refractivity contribution in [3.05, 3.63) is 29.3 Å². The van der Waals surface area contributed by atoms with Gasteiger partial charge in [0, 0.05) is 0 Å². The summed E-state index contributed by atoms with van der Waals surface area (Å²) in [6.07, 6.45) is 2.69. The van der Waals surface area contributed by atoms with Crippen LogP contribution in [-0.4, -0.2) is 17.9 Å². The van der Waals surface area contributed by atoms with Crippen molar-refractivity contribution in [3.63, 3.8) is 0 Å². The summed E-state index contributed by atoms with van der Waals surface area (Å²) in [5.74, 6) is -1.79. The van der Waals surface area contributed by atoms with Crippen molar-refractivity contribution in [3.8, 4) is 5.75 Å². The van der Waals surface area contributed by atoms with Crippen LogP contribution < -0.4 is 0 Å². The number of alkyl halides is 1. The first kappa shape index (κ1) is 16.6. The summed E-state index contributed by atoms with van der Waals surface area (Å²) in [5.41, 5.74) is 0.112. The van der Waals surface area contributed by atoms with Crippen molar-refractivity contribution in [2.24, 2.45) is 17.8 Å². The van der Waals surface area contributed by atoms with Gasteiger partial charge in [-0.1, -0.05) is 19.8 Å². The molecule has 0 aromatic heterocycles. The quantitative estimate of drug-likeness (QED) is 0.835. The van der Waals surface area contributed by atoms with Gasteiger partial charge in [-0.15, -0.1) is 0 Å². The molecule has 2 nitrogen and oxygen atoms in total. The molecule has 1 saturated carbocycles. The van der Waals surface area contributed by atoms with Crippen LogP contribution in [0.25, 0.3) is 0 Å². The summed E-state index contributed by atoms with van der Waals surface area (Å²) in [5, 5.41) is 9.14. The second-order valence-electron chi connectivity index (χ2n) is 7.12. The van der Waals surface area contributed by atoms with E-state index in [9.17, 15) is 13.2 Å². The zero-order valence-corrected chi connectivity index (χ0v) is 13.3. The normalized spacial score (nSPS) is 35.2. The average molecular weight is 328 g/mol. The number of hydrogen-bond acceptors (Lipinski definition) is 2. The highest BCUT2D eigenvalue weighted by Crippen LogP contribution is 2.42. The molecular formula is C18H23F3O2. The van der Waals surface area contributed by atoms with Gasteiger partial charge < -0.3 is 9.84 Å². The van der Waals surface area contributed by atoms with Gasteiger partial charge in [0.2, 0.25) is 0 Å². The van der Waals surface area contributed by atoms with Crippen LogP contribution in [-0.2, 0) is 4.74 Å². The van der Waals surface area contributed by atoms with Gasteiger partial charge in [-0.05, 0) is 54.7 Å². The fraction of sp³-hybridized carbons (Fsp3) is 0.667. The molecule has 0 radical (unpaired) electrons. The van der Waals surface area contributed by atoms with Crippen LogP contribution in [0.4, 0.5) is 13.2 Å². The number of ether oxygens (including phenoxy) is 1. The smallest absolute Gasteiger partial charge is 0.187 e. The van der Waals surface area contributed by atoms with Gasteiger partial charge in [0.25, 0.3) is 0 Å². The van der Waals surface area contributed by atoms with E-state index in [0.29, 0.717) is 18.9 Å². The van der Waals surface area contributed by atoms with Gasteiger partial charge in [0.05, 0.1) is 6.61 Å². The van der Waals surface area contributed by atoms with Crippen LogP contribution in [0, 0.1) is 29.4 Å². The predicted molar refractivity (Wildman–Crippen MR) is 80.8 cm³/mol. The lowest BCUT2D eigenvalue weighted by Gasteiger charge is -2.39. The van der Waals surface area contributed by atoms with Crippen LogP contribution in [0.1, 0.15) is 50.7 Å². The summed E-state index contributed by atoms with van der Waals surface area (Å²) in [6.45, 7) is 2.67. The highest BCUT2D eigenvalue weighted by Gasteiger charge is 2.37. The second-order valence-corrected chi connectivity index (χ2v) is 7.12. The first-order valence-corrected chi connectivity index (χ1v) is 8.39. The molecule has 0 spiro atoms. The highest BCUT2D eigenvalue weighted by molar-refractivity contribution is 5.32. The van der Waals surface area contributed by atoms with Crippen molar-refractivity contribution >= 4 is 0 Å². The van der Waals surface area contributed by atoms with E-state index in [0.717, 1.165) is 30.9 Å². The van der Waals surface area contributed by atoms with E-state index in [1.54, 1.807) is 0 Å². The molecule has 128 valence electrons. The number of phenols is 1. The van der Waals surface area contributed by atoms with E-state index in [2.05, 4.69) is 6.92 Å². The fourth-order valence-corrected chi connectivity index (χ4v) is 3.95. The summed E-state index contributed by atoms with van der Waals surface area (Å²) in [7, 11) is 0. The Morgan fingerprint density at radius 1 is 1.04 bits per heavy atom. The molecule has 3 atom stereocenters. The lowest BCUT2D eigenvalue weighted by molar-refractivity contribution is -0.0872. The zero-order chi connectivity index (χ0) is 16.6. The lowest BCUT2D eigenvalue weighted by atomic mass is 9.74. The van der Waals surface area contributed by atoms with E-state index >= 15 is 0 Å². The third kappa shape index (κ3) is 3.49. The molecule has 1 N–H and O–H groups in total. The molecule has 2 aliphatic rings. The molecule has 1 aromatic rings. The summed E-state index contributed by atoms with van der Waals surface area (Å²) < 4.78 is 47.1. The molecule has 3 rings (SSSR count). The van der Waals surface area contributed by atoms with Crippen LogP contribution in [0.5, 0.6) is 5.75 Å². The third-order valence-electron chi connectivity index (χ3n) is 5.44. The number of aromatic hydroxyl groups is 1. The van der Waals surface area contributed by atoms with Crippen molar-refractivity contribution in [2.75, 3.05) is 6.61 Å². The minimum absolute atomic E-state index is 0.112. The van der Waals surface area contributed by atoms with Crippen LogP contribution in [0.15, 0.2) is 12.1 Å². The number of hydrogen-bond donors (Lipinski definition) is 1. The monoisotopic (exact) mass is 328 g/mol. The molecule has 2 fully saturated rings. The molecule has 1 aliphatic carbocycles. The Morgan fingerprint density at radius 3 is 2.22 bits per heavy atom. The molecular weight excluding hydrogens is 305 g/mol. The molecule has 1 heterocycles. The Hall–Kier alpha value is -1.23. The lowest BCUT2D eigenvalue weighted by Crippen LogP contribution is -2.35. The fourth-order valence-electron chi connectivity index (χ4n) is 3.95.